The number of unbranched alkanes of at least 4 members (excludes halogenated alkanes) is 1. The number of halogens is 3. The van der Waals surface area contributed by atoms with Crippen molar-refractivity contribution in [3.63, 3.8) is 0 Å². The van der Waals surface area contributed by atoms with Gasteiger partial charge in [-0.15, -0.1) is 0 Å². The number of rotatable bonds is 7. The number of urea groups is 1. The summed E-state index contributed by atoms with van der Waals surface area (Å²) < 4.78 is 47.3. The van der Waals surface area contributed by atoms with Crippen molar-refractivity contribution in [2.24, 2.45) is 0 Å². The number of nitrogens with one attached hydrogen (secondary N) is 2. The molecule has 9 heteroatoms. The molecule has 6 nitrogen and oxygen atoms in total. The molecule has 2 rings (SSSR count). The van der Waals surface area contributed by atoms with E-state index in [1.807, 2.05) is 6.92 Å². The second-order valence-corrected chi connectivity index (χ2v) is 6.00. The Morgan fingerprint density at radius 2 is 1.96 bits per heavy atom. The zero-order valence-electron chi connectivity index (χ0n) is 15.0. The molecule has 0 bridgehead atoms. The quantitative estimate of drug-likeness (QED) is 0.555. The summed E-state index contributed by atoms with van der Waals surface area (Å²) in [5.41, 5.74) is 0.478. The number of hydrogen-bond donors (Lipinski definition) is 2. The molecular formula is C18H21F3N2O4. The van der Waals surface area contributed by atoms with E-state index in [-0.39, 0.29) is 11.3 Å². The zero-order valence-corrected chi connectivity index (χ0v) is 15.0. The Labute approximate surface area is 154 Å². The second-order valence-electron chi connectivity index (χ2n) is 6.00. The van der Waals surface area contributed by atoms with Gasteiger partial charge in [0.05, 0.1) is 18.2 Å². The lowest BCUT2D eigenvalue weighted by Crippen LogP contribution is -2.45. The smallest absolute Gasteiger partial charge is 0.422 e. The highest BCUT2D eigenvalue weighted by atomic mass is 19.4. The summed E-state index contributed by atoms with van der Waals surface area (Å²) in [7, 11) is 0. The van der Waals surface area contributed by atoms with Crippen LogP contribution in [0.3, 0.4) is 0 Å². The summed E-state index contributed by atoms with van der Waals surface area (Å²) in [6.07, 6.45) is -2.92. The van der Waals surface area contributed by atoms with E-state index in [1.165, 1.54) is 6.92 Å². The number of carbonyl (C=O) groups is 2. The van der Waals surface area contributed by atoms with Crippen LogP contribution in [0, 0.1) is 0 Å². The van der Waals surface area contributed by atoms with Crippen molar-refractivity contribution in [3.05, 3.63) is 41.1 Å². The molecule has 0 saturated heterocycles. The molecule has 1 aliphatic heterocycles. The van der Waals surface area contributed by atoms with Crippen LogP contribution in [-0.2, 0) is 9.53 Å². The van der Waals surface area contributed by atoms with Gasteiger partial charge in [-0.3, -0.25) is 0 Å². The molecule has 1 aromatic rings. The fourth-order valence-electron chi connectivity index (χ4n) is 2.60. The number of amides is 2. The highest BCUT2D eigenvalue weighted by Gasteiger charge is 2.36. The summed E-state index contributed by atoms with van der Waals surface area (Å²) in [6, 6.07) is 5.16. The standard InChI is InChI=1S/C18H21F3N2O4/c1-3-4-9-26-13-8-6-5-7-12(13)15-14(11(2)22-17(25)23-15)16(24)27-10-18(19,20)21/h5-8,15H,3-4,9-10H2,1-2H3,(H2,22,23,25)/t15-/m0/s1. The average Bonchev–Trinajstić information content (AvgIpc) is 2.59. The van der Waals surface area contributed by atoms with Gasteiger partial charge < -0.3 is 20.1 Å². The summed E-state index contributed by atoms with van der Waals surface area (Å²) in [6.45, 7) is 2.15. The molecule has 0 unspecified atom stereocenters. The van der Waals surface area contributed by atoms with Gasteiger partial charge in [0, 0.05) is 11.3 Å². The van der Waals surface area contributed by atoms with Crippen molar-refractivity contribution in [1.82, 2.24) is 10.6 Å². The lowest BCUT2D eigenvalue weighted by Gasteiger charge is -2.29. The Morgan fingerprint density at radius 1 is 1.26 bits per heavy atom. The third-order valence-electron chi connectivity index (χ3n) is 3.84. The molecule has 1 aliphatic rings. The van der Waals surface area contributed by atoms with Gasteiger partial charge in [-0.05, 0) is 19.4 Å². The fourth-order valence-corrected chi connectivity index (χ4v) is 2.60. The Morgan fingerprint density at radius 3 is 2.63 bits per heavy atom. The molecule has 0 aromatic heterocycles. The van der Waals surface area contributed by atoms with Crippen molar-refractivity contribution >= 4 is 12.0 Å². The van der Waals surface area contributed by atoms with Crippen LogP contribution in [-0.4, -0.2) is 31.4 Å². The van der Waals surface area contributed by atoms with E-state index in [1.54, 1.807) is 24.3 Å². The van der Waals surface area contributed by atoms with Gasteiger partial charge in [-0.2, -0.15) is 13.2 Å². The first-order valence-electron chi connectivity index (χ1n) is 8.46. The topological polar surface area (TPSA) is 76.7 Å². The number of alkyl halides is 3. The van der Waals surface area contributed by atoms with Gasteiger partial charge in [0.2, 0.25) is 0 Å². The van der Waals surface area contributed by atoms with Gasteiger partial charge in [0.1, 0.15) is 5.75 Å². The highest BCUT2D eigenvalue weighted by molar-refractivity contribution is 5.95. The number of allylic oxidation sites excluding steroid dienone is 1. The fraction of sp³-hybridized carbons (Fsp3) is 0.444. The maximum Gasteiger partial charge on any atom is 0.422 e. The van der Waals surface area contributed by atoms with Crippen molar-refractivity contribution in [1.29, 1.82) is 0 Å². The molecule has 2 amide bonds. The largest absolute Gasteiger partial charge is 0.493 e. The summed E-state index contributed by atoms with van der Waals surface area (Å²) in [4.78, 5) is 24.2. The summed E-state index contributed by atoms with van der Waals surface area (Å²) in [5.74, 6) is -0.724. The van der Waals surface area contributed by atoms with Crippen LogP contribution in [0.4, 0.5) is 18.0 Å². The van der Waals surface area contributed by atoms with E-state index in [0.717, 1.165) is 12.8 Å². The Balaban J connectivity index is 2.34. The predicted molar refractivity (Wildman–Crippen MR) is 91.0 cm³/mol. The SMILES string of the molecule is CCCCOc1ccccc1[C@@H]1NC(=O)NC(C)=C1C(=O)OCC(F)(F)F. The molecule has 27 heavy (non-hydrogen) atoms. The minimum absolute atomic E-state index is 0.106. The molecule has 0 saturated carbocycles. The maximum absolute atomic E-state index is 12.4. The third-order valence-corrected chi connectivity index (χ3v) is 3.84. The highest BCUT2D eigenvalue weighted by Crippen LogP contribution is 2.34. The van der Waals surface area contributed by atoms with Gasteiger partial charge >= 0.3 is 18.2 Å². The molecule has 0 spiro atoms. The van der Waals surface area contributed by atoms with E-state index in [0.29, 0.717) is 17.9 Å². The first kappa shape index (κ1) is 20.6. The normalized spacial score (nSPS) is 17.2. The summed E-state index contributed by atoms with van der Waals surface area (Å²) in [5, 5.41) is 4.94. The number of esters is 1. The number of ether oxygens (including phenoxy) is 2. The van der Waals surface area contributed by atoms with Crippen molar-refractivity contribution in [2.75, 3.05) is 13.2 Å². The van der Waals surface area contributed by atoms with Crippen LogP contribution >= 0.6 is 0 Å². The summed E-state index contributed by atoms with van der Waals surface area (Å²) >= 11 is 0. The first-order chi connectivity index (χ1) is 12.7. The number of benzene rings is 1. The van der Waals surface area contributed by atoms with Crippen LogP contribution in [0.2, 0.25) is 0 Å². The second kappa shape index (κ2) is 8.79. The van der Waals surface area contributed by atoms with Crippen molar-refractivity contribution < 1.29 is 32.2 Å². The van der Waals surface area contributed by atoms with E-state index in [4.69, 9.17) is 4.74 Å². The molecular weight excluding hydrogens is 365 g/mol. The Bertz CT molecular complexity index is 732. The maximum atomic E-state index is 12.4. The van der Waals surface area contributed by atoms with Crippen LogP contribution in [0.15, 0.2) is 35.5 Å². The molecule has 2 N–H and O–H groups in total. The monoisotopic (exact) mass is 386 g/mol. The van der Waals surface area contributed by atoms with Gasteiger partial charge in [-0.25, -0.2) is 9.59 Å². The minimum atomic E-state index is -4.65. The van der Waals surface area contributed by atoms with Crippen LogP contribution < -0.4 is 15.4 Å². The Kier molecular flexibility index (Phi) is 6.70. The molecule has 0 radical (unpaired) electrons. The van der Waals surface area contributed by atoms with E-state index in [9.17, 15) is 22.8 Å². The van der Waals surface area contributed by atoms with Crippen molar-refractivity contribution in [3.8, 4) is 5.75 Å². The van der Waals surface area contributed by atoms with E-state index in [2.05, 4.69) is 15.4 Å². The number of para-hydroxylation sites is 1. The van der Waals surface area contributed by atoms with Gasteiger partial charge in [0.15, 0.2) is 6.61 Å². The number of hydrogen-bond acceptors (Lipinski definition) is 4. The minimum Gasteiger partial charge on any atom is -0.493 e. The van der Waals surface area contributed by atoms with Crippen LogP contribution in [0.5, 0.6) is 5.75 Å². The molecule has 1 aromatic carbocycles. The first-order valence-corrected chi connectivity index (χ1v) is 8.46. The van der Waals surface area contributed by atoms with Crippen LogP contribution in [0.25, 0.3) is 0 Å². The van der Waals surface area contributed by atoms with E-state index < -0.39 is 30.8 Å². The molecule has 0 aliphatic carbocycles. The third kappa shape index (κ3) is 5.63. The zero-order chi connectivity index (χ0) is 20.0. The van der Waals surface area contributed by atoms with Gasteiger partial charge in [0.25, 0.3) is 0 Å². The van der Waals surface area contributed by atoms with Crippen molar-refractivity contribution in [2.45, 2.75) is 38.9 Å². The lowest BCUT2D eigenvalue weighted by molar-refractivity contribution is -0.183. The number of carbonyl (C=O) groups excluding carboxylic acids is 2. The predicted octanol–water partition coefficient (Wildman–Crippen LogP) is 3.60. The lowest BCUT2D eigenvalue weighted by atomic mass is 9.95. The average molecular weight is 386 g/mol. The van der Waals surface area contributed by atoms with Gasteiger partial charge in [-0.1, -0.05) is 31.5 Å². The molecule has 0 fully saturated rings. The van der Waals surface area contributed by atoms with E-state index >= 15 is 0 Å². The molecule has 1 heterocycles. The van der Waals surface area contributed by atoms with Crippen LogP contribution in [0.1, 0.15) is 38.3 Å². The molecule has 1 atom stereocenters. The molecule has 148 valence electrons. The Hall–Kier alpha value is -2.71.